The number of nitrogens with zero attached hydrogens (tertiary/aromatic N) is 2. The van der Waals surface area contributed by atoms with Gasteiger partial charge in [-0.1, -0.05) is 32.9 Å². The summed E-state index contributed by atoms with van der Waals surface area (Å²) in [6.07, 6.45) is 1.00. The van der Waals surface area contributed by atoms with Crippen LogP contribution in [0.15, 0.2) is 34.6 Å². The minimum atomic E-state index is 0.419. The van der Waals surface area contributed by atoms with Gasteiger partial charge in [0.05, 0.1) is 17.2 Å². The molecule has 3 N–H and O–H groups in total. The van der Waals surface area contributed by atoms with Crippen molar-refractivity contribution in [3.63, 3.8) is 0 Å². The zero-order chi connectivity index (χ0) is 15.2. The van der Waals surface area contributed by atoms with E-state index < -0.39 is 0 Å². The Hall–Kier alpha value is -1.88. The molecule has 0 saturated heterocycles. The van der Waals surface area contributed by atoms with Crippen LogP contribution in [0.1, 0.15) is 43.0 Å². The Morgan fingerprint density at radius 3 is 2.90 bits per heavy atom. The summed E-state index contributed by atoms with van der Waals surface area (Å²) in [4.78, 5) is 8.89. The monoisotopic (exact) mass is 302 g/mol. The first kappa shape index (κ1) is 15.5. The first-order valence-corrected chi connectivity index (χ1v) is 8.06. The number of rotatable bonds is 5. The van der Waals surface area contributed by atoms with Crippen molar-refractivity contribution in [3.05, 3.63) is 45.9 Å². The van der Waals surface area contributed by atoms with Crippen molar-refractivity contribution in [2.75, 3.05) is 5.32 Å². The number of aromatic nitrogens is 1. The maximum atomic E-state index is 5.93. The molecule has 2 aromatic rings. The fraction of sp³-hybridized carbons (Fsp3) is 0.375. The van der Waals surface area contributed by atoms with Crippen LogP contribution in [0.3, 0.4) is 0 Å². The summed E-state index contributed by atoms with van der Waals surface area (Å²) >= 11 is 1.68. The zero-order valence-corrected chi connectivity index (χ0v) is 13.6. The average Bonchev–Trinajstić information content (AvgIpc) is 2.94. The van der Waals surface area contributed by atoms with Crippen LogP contribution in [-0.2, 0) is 13.0 Å². The number of nitrogens with two attached hydrogens (primary N) is 1. The highest BCUT2D eigenvalue weighted by molar-refractivity contribution is 7.09. The van der Waals surface area contributed by atoms with Gasteiger partial charge in [-0.05, 0) is 24.1 Å². The molecule has 0 aliphatic heterocycles. The number of guanidine groups is 1. The molecule has 0 aliphatic rings. The molecule has 1 heterocycles. The van der Waals surface area contributed by atoms with E-state index in [4.69, 9.17) is 5.73 Å². The van der Waals surface area contributed by atoms with Crippen LogP contribution in [0, 0.1) is 0 Å². The molecule has 0 amide bonds. The van der Waals surface area contributed by atoms with Crippen LogP contribution in [-0.4, -0.2) is 10.9 Å². The minimum Gasteiger partial charge on any atom is -0.370 e. The molecule has 1 aromatic heterocycles. The number of aliphatic imine (C=N–C) groups is 1. The summed E-state index contributed by atoms with van der Waals surface area (Å²) in [5.41, 5.74) is 9.14. The maximum absolute atomic E-state index is 5.93. The summed E-state index contributed by atoms with van der Waals surface area (Å²) in [6.45, 7) is 6.92. The van der Waals surface area contributed by atoms with E-state index in [1.807, 2.05) is 17.5 Å². The molecule has 0 radical (unpaired) electrons. The number of aryl methyl sites for hydroxylation is 1. The highest BCUT2D eigenvalue weighted by atomic mass is 32.1. The van der Waals surface area contributed by atoms with Crippen molar-refractivity contribution >= 4 is 23.0 Å². The van der Waals surface area contributed by atoms with Crippen LogP contribution >= 0.6 is 11.3 Å². The predicted octanol–water partition coefficient (Wildman–Crippen LogP) is 3.76. The quantitative estimate of drug-likeness (QED) is 0.653. The maximum Gasteiger partial charge on any atom is 0.193 e. The zero-order valence-electron chi connectivity index (χ0n) is 12.8. The van der Waals surface area contributed by atoms with E-state index in [0.29, 0.717) is 18.4 Å². The van der Waals surface area contributed by atoms with Gasteiger partial charge in [-0.25, -0.2) is 9.98 Å². The Balaban J connectivity index is 1.96. The topological polar surface area (TPSA) is 63.3 Å². The summed E-state index contributed by atoms with van der Waals surface area (Å²) in [7, 11) is 0. The van der Waals surface area contributed by atoms with E-state index in [-0.39, 0.29) is 0 Å². The molecule has 0 bridgehead atoms. The predicted molar refractivity (Wildman–Crippen MR) is 91.0 cm³/mol. The van der Waals surface area contributed by atoms with Gasteiger partial charge in [0.2, 0.25) is 0 Å². The Kier molecular flexibility index (Phi) is 5.33. The van der Waals surface area contributed by atoms with Gasteiger partial charge < -0.3 is 11.1 Å². The average molecular weight is 302 g/mol. The summed E-state index contributed by atoms with van der Waals surface area (Å²) in [5.74, 6) is 0.877. The highest BCUT2D eigenvalue weighted by Gasteiger charge is 2.05. The molecule has 4 nitrogen and oxygen atoms in total. The lowest BCUT2D eigenvalue weighted by atomic mass is 10.1. The van der Waals surface area contributed by atoms with E-state index in [1.165, 1.54) is 5.56 Å². The van der Waals surface area contributed by atoms with Crippen molar-refractivity contribution in [2.24, 2.45) is 10.7 Å². The van der Waals surface area contributed by atoms with Gasteiger partial charge in [0.25, 0.3) is 0 Å². The Labute approximate surface area is 130 Å². The second-order valence-corrected chi connectivity index (χ2v) is 6.10. The molecule has 1 aromatic carbocycles. The van der Waals surface area contributed by atoms with E-state index in [9.17, 15) is 0 Å². The standard InChI is InChI=1S/C16H22N4S/c1-4-12-6-5-7-13(8-12)20-16(17)18-9-14-10-21-15(19-14)11(2)3/h5-8,10-11H,4,9H2,1-3H3,(H3,17,18,20). The Morgan fingerprint density at radius 1 is 1.43 bits per heavy atom. The highest BCUT2D eigenvalue weighted by Crippen LogP contribution is 2.19. The van der Waals surface area contributed by atoms with Gasteiger partial charge in [-0.3, -0.25) is 0 Å². The molecule has 0 fully saturated rings. The number of nitrogens with one attached hydrogen (secondary N) is 1. The van der Waals surface area contributed by atoms with Gasteiger partial charge in [0.15, 0.2) is 5.96 Å². The lowest BCUT2D eigenvalue weighted by molar-refractivity contribution is 0.837. The molecule has 112 valence electrons. The van der Waals surface area contributed by atoms with Gasteiger partial charge in [-0.2, -0.15) is 0 Å². The number of hydrogen-bond donors (Lipinski definition) is 2. The number of benzene rings is 1. The van der Waals surface area contributed by atoms with Crippen LogP contribution in [0.5, 0.6) is 0 Å². The van der Waals surface area contributed by atoms with Crippen molar-refractivity contribution in [2.45, 2.75) is 39.7 Å². The molecule has 0 aliphatic carbocycles. The molecular formula is C16H22N4S. The summed E-state index contributed by atoms with van der Waals surface area (Å²) in [6, 6.07) is 8.19. The van der Waals surface area contributed by atoms with E-state index >= 15 is 0 Å². The Morgan fingerprint density at radius 2 is 2.24 bits per heavy atom. The van der Waals surface area contributed by atoms with Crippen molar-refractivity contribution in [1.82, 2.24) is 4.98 Å². The first-order chi connectivity index (χ1) is 10.1. The molecular weight excluding hydrogens is 280 g/mol. The number of thiazole rings is 1. The van der Waals surface area contributed by atoms with Crippen molar-refractivity contribution in [3.8, 4) is 0 Å². The third kappa shape index (κ3) is 4.56. The van der Waals surface area contributed by atoms with Crippen LogP contribution in [0.2, 0.25) is 0 Å². The fourth-order valence-corrected chi connectivity index (χ4v) is 2.71. The molecule has 21 heavy (non-hydrogen) atoms. The van der Waals surface area contributed by atoms with E-state index in [2.05, 4.69) is 48.2 Å². The largest absolute Gasteiger partial charge is 0.370 e. The molecule has 0 unspecified atom stereocenters. The van der Waals surface area contributed by atoms with Crippen molar-refractivity contribution in [1.29, 1.82) is 0 Å². The first-order valence-electron chi connectivity index (χ1n) is 7.18. The smallest absolute Gasteiger partial charge is 0.193 e. The molecule has 0 spiro atoms. The van der Waals surface area contributed by atoms with Crippen molar-refractivity contribution < 1.29 is 0 Å². The molecule has 2 rings (SSSR count). The molecule has 0 atom stereocenters. The second-order valence-electron chi connectivity index (χ2n) is 5.21. The van der Waals surface area contributed by atoms with Gasteiger partial charge >= 0.3 is 0 Å². The van der Waals surface area contributed by atoms with Gasteiger partial charge in [0, 0.05) is 17.0 Å². The second kappa shape index (κ2) is 7.22. The fourth-order valence-electron chi connectivity index (χ4n) is 1.88. The lowest BCUT2D eigenvalue weighted by Crippen LogP contribution is -2.22. The minimum absolute atomic E-state index is 0.419. The van der Waals surface area contributed by atoms with Crippen LogP contribution in [0.4, 0.5) is 5.69 Å². The molecule has 5 heteroatoms. The van der Waals surface area contributed by atoms with Crippen LogP contribution in [0.25, 0.3) is 0 Å². The normalized spacial score (nSPS) is 11.9. The number of hydrogen-bond acceptors (Lipinski definition) is 3. The van der Waals surface area contributed by atoms with Gasteiger partial charge in [0.1, 0.15) is 0 Å². The Bertz CT molecular complexity index is 616. The van der Waals surface area contributed by atoms with E-state index in [1.54, 1.807) is 11.3 Å². The SMILES string of the molecule is CCc1cccc(NC(N)=NCc2csc(C(C)C)n2)c1. The number of anilines is 1. The summed E-state index contributed by atoms with van der Waals surface area (Å²) < 4.78 is 0. The third-order valence-electron chi connectivity index (χ3n) is 3.08. The van der Waals surface area contributed by atoms with Gasteiger partial charge in [-0.15, -0.1) is 11.3 Å². The van der Waals surface area contributed by atoms with E-state index in [0.717, 1.165) is 22.8 Å². The lowest BCUT2D eigenvalue weighted by Gasteiger charge is -2.06. The van der Waals surface area contributed by atoms with Crippen LogP contribution < -0.4 is 11.1 Å². The molecule has 0 saturated carbocycles. The summed E-state index contributed by atoms with van der Waals surface area (Å²) in [5, 5.41) is 6.31. The third-order valence-corrected chi connectivity index (χ3v) is 4.28.